The summed E-state index contributed by atoms with van der Waals surface area (Å²) in [6, 6.07) is 4.33. The van der Waals surface area contributed by atoms with Gasteiger partial charge in [0.05, 0.1) is 10.6 Å². The Kier molecular flexibility index (Phi) is 3.62. The molecule has 1 aromatic rings. The highest BCUT2D eigenvalue weighted by atomic mass is 35.5. The van der Waals surface area contributed by atoms with Gasteiger partial charge in [0, 0.05) is 13.1 Å². The third-order valence-corrected chi connectivity index (χ3v) is 3.90. The van der Waals surface area contributed by atoms with E-state index in [0.29, 0.717) is 13.1 Å². The van der Waals surface area contributed by atoms with Crippen LogP contribution in [0, 0.1) is 11.2 Å². The molecule has 0 unspecified atom stereocenters. The molecule has 0 N–H and O–H groups in total. The van der Waals surface area contributed by atoms with E-state index < -0.39 is 5.82 Å². The number of likely N-dealkylation sites (tertiary alicyclic amines) is 1. The van der Waals surface area contributed by atoms with Crippen LogP contribution in [0.25, 0.3) is 0 Å². The van der Waals surface area contributed by atoms with Gasteiger partial charge in [-0.1, -0.05) is 31.5 Å². The summed E-state index contributed by atoms with van der Waals surface area (Å²) in [5.41, 5.74) is 0.259. The summed E-state index contributed by atoms with van der Waals surface area (Å²) >= 11 is 5.91. The zero-order valence-corrected chi connectivity index (χ0v) is 11.4. The highest BCUT2D eigenvalue weighted by molar-refractivity contribution is 6.33. The Balaban J connectivity index is 2.18. The van der Waals surface area contributed by atoms with Crippen molar-refractivity contribution in [1.82, 2.24) is 4.90 Å². The lowest BCUT2D eigenvalue weighted by Crippen LogP contribution is -2.41. The minimum absolute atomic E-state index is 0.00104. The smallest absolute Gasteiger partial charge is 0.258 e. The highest BCUT2D eigenvalue weighted by Crippen LogP contribution is 2.31. The van der Waals surface area contributed by atoms with Crippen LogP contribution in [0.5, 0.6) is 0 Å². The second-order valence-corrected chi connectivity index (χ2v) is 5.96. The van der Waals surface area contributed by atoms with E-state index in [1.165, 1.54) is 12.1 Å². The molecule has 0 aromatic heterocycles. The van der Waals surface area contributed by atoms with E-state index in [-0.39, 0.29) is 21.9 Å². The fraction of sp³-hybridized carbons (Fsp3) is 0.500. The molecule has 1 aliphatic rings. The largest absolute Gasteiger partial charge is 0.338 e. The van der Waals surface area contributed by atoms with Crippen molar-refractivity contribution in [3.05, 3.63) is 34.6 Å². The van der Waals surface area contributed by atoms with E-state index in [1.54, 1.807) is 11.0 Å². The molecule has 0 bridgehead atoms. The van der Waals surface area contributed by atoms with Crippen molar-refractivity contribution in [2.24, 2.45) is 5.41 Å². The Labute approximate surface area is 112 Å². The zero-order chi connectivity index (χ0) is 13.3. The van der Waals surface area contributed by atoms with Crippen LogP contribution in [0.3, 0.4) is 0 Å². The van der Waals surface area contributed by atoms with E-state index in [2.05, 4.69) is 13.8 Å². The van der Waals surface area contributed by atoms with Gasteiger partial charge in [-0.2, -0.15) is 0 Å². The fourth-order valence-electron chi connectivity index (χ4n) is 2.18. The van der Waals surface area contributed by atoms with Gasteiger partial charge >= 0.3 is 0 Å². The van der Waals surface area contributed by atoms with Gasteiger partial charge in [0.2, 0.25) is 0 Å². The number of hydrogen-bond donors (Lipinski definition) is 0. The van der Waals surface area contributed by atoms with Gasteiger partial charge in [-0.15, -0.1) is 0 Å². The summed E-state index contributed by atoms with van der Waals surface area (Å²) in [5.74, 6) is -0.842. The number of carbonyl (C=O) groups excluding carboxylic acids is 1. The van der Waals surface area contributed by atoms with Gasteiger partial charge in [-0.25, -0.2) is 4.39 Å². The summed E-state index contributed by atoms with van der Waals surface area (Å²) in [5, 5.41) is 0.185. The monoisotopic (exact) mass is 269 g/mol. The molecule has 0 spiro atoms. The van der Waals surface area contributed by atoms with Crippen molar-refractivity contribution in [2.75, 3.05) is 13.1 Å². The molecule has 1 fully saturated rings. The Bertz CT molecular complexity index is 443. The van der Waals surface area contributed by atoms with Crippen LogP contribution in [-0.2, 0) is 0 Å². The maximum Gasteiger partial charge on any atom is 0.258 e. The molecule has 1 aliphatic heterocycles. The van der Waals surface area contributed by atoms with Crippen molar-refractivity contribution in [3.8, 4) is 0 Å². The molecular weight excluding hydrogens is 253 g/mol. The fourth-order valence-corrected chi connectivity index (χ4v) is 2.42. The number of nitrogens with zero attached hydrogens (tertiary/aromatic N) is 1. The quantitative estimate of drug-likeness (QED) is 0.760. The van der Waals surface area contributed by atoms with Crippen molar-refractivity contribution >= 4 is 17.5 Å². The van der Waals surface area contributed by atoms with E-state index in [1.807, 2.05) is 0 Å². The molecule has 2 nitrogen and oxygen atoms in total. The van der Waals surface area contributed by atoms with Gasteiger partial charge in [0.1, 0.15) is 5.82 Å². The summed E-state index contributed by atoms with van der Waals surface area (Å²) < 4.78 is 13.7. The third-order valence-electron chi connectivity index (χ3n) is 3.58. The van der Waals surface area contributed by atoms with Crippen LogP contribution in [-0.4, -0.2) is 23.9 Å². The lowest BCUT2D eigenvalue weighted by Gasteiger charge is -2.37. The summed E-state index contributed by atoms with van der Waals surface area (Å²) in [6.45, 7) is 5.70. The Morgan fingerprint density at radius 2 is 1.94 bits per heavy atom. The summed E-state index contributed by atoms with van der Waals surface area (Å²) in [7, 11) is 0. The maximum atomic E-state index is 13.7. The molecule has 18 heavy (non-hydrogen) atoms. The SMILES string of the molecule is CC1(C)CCN(C(=O)c2c(F)cccc2Cl)CC1. The van der Waals surface area contributed by atoms with Crippen LogP contribution in [0.4, 0.5) is 4.39 Å². The van der Waals surface area contributed by atoms with E-state index in [9.17, 15) is 9.18 Å². The lowest BCUT2D eigenvalue weighted by molar-refractivity contribution is 0.0626. The molecule has 98 valence electrons. The molecular formula is C14H17ClFNO. The lowest BCUT2D eigenvalue weighted by atomic mass is 9.82. The van der Waals surface area contributed by atoms with Crippen LogP contribution in [0.2, 0.25) is 5.02 Å². The van der Waals surface area contributed by atoms with E-state index in [4.69, 9.17) is 11.6 Å². The highest BCUT2D eigenvalue weighted by Gasteiger charge is 2.30. The van der Waals surface area contributed by atoms with E-state index in [0.717, 1.165) is 12.8 Å². The van der Waals surface area contributed by atoms with Crippen molar-refractivity contribution in [2.45, 2.75) is 26.7 Å². The normalized spacial score (nSPS) is 18.8. The number of halogens is 2. The average molecular weight is 270 g/mol. The first-order valence-electron chi connectivity index (χ1n) is 6.14. The number of amides is 1. The Morgan fingerprint density at radius 1 is 1.33 bits per heavy atom. The van der Waals surface area contributed by atoms with Gasteiger partial charge in [-0.3, -0.25) is 4.79 Å². The molecule has 1 aromatic carbocycles. The molecule has 0 saturated carbocycles. The number of hydrogen-bond acceptors (Lipinski definition) is 1. The Morgan fingerprint density at radius 3 is 2.50 bits per heavy atom. The van der Waals surface area contributed by atoms with Crippen molar-refractivity contribution < 1.29 is 9.18 Å². The predicted molar refractivity (Wildman–Crippen MR) is 70.3 cm³/mol. The molecule has 0 atom stereocenters. The molecule has 0 radical (unpaired) electrons. The molecule has 1 saturated heterocycles. The molecule has 1 amide bonds. The first kappa shape index (κ1) is 13.3. The Hall–Kier alpha value is -1.09. The number of carbonyl (C=O) groups is 1. The van der Waals surface area contributed by atoms with Crippen molar-refractivity contribution in [1.29, 1.82) is 0 Å². The number of piperidine rings is 1. The van der Waals surface area contributed by atoms with Gasteiger partial charge in [0.25, 0.3) is 5.91 Å². The minimum atomic E-state index is -0.544. The minimum Gasteiger partial charge on any atom is -0.338 e. The molecule has 4 heteroatoms. The molecule has 2 rings (SSSR count). The maximum absolute atomic E-state index is 13.7. The standard InChI is InChI=1S/C14H17ClFNO/c1-14(2)6-8-17(9-7-14)13(18)12-10(15)4-3-5-11(12)16/h3-5H,6-9H2,1-2H3. The van der Waals surface area contributed by atoms with Gasteiger partial charge in [-0.05, 0) is 30.4 Å². The van der Waals surface area contributed by atoms with Crippen LogP contribution in [0.1, 0.15) is 37.0 Å². The summed E-state index contributed by atoms with van der Waals surface area (Å²) in [6.07, 6.45) is 1.87. The number of rotatable bonds is 1. The number of benzene rings is 1. The van der Waals surface area contributed by atoms with E-state index >= 15 is 0 Å². The van der Waals surface area contributed by atoms with Gasteiger partial charge < -0.3 is 4.90 Å². The van der Waals surface area contributed by atoms with Crippen LogP contribution in [0.15, 0.2) is 18.2 Å². The second-order valence-electron chi connectivity index (χ2n) is 5.55. The third kappa shape index (κ3) is 2.66. The molecule has 1 heterocycles. The summed E-state index contributed by atoms with van der Waals surface area (Å²) in [4.78, 5) is 13.9. The first-order valence-corrected chi connectivity index (χ1v) is 6.52. The van der Waals surface area contributed by atoms with Crippen LogP contribution >= 0.6 is 11.6 Å². The van der Waals surface area contributed by atoms with Crippen LogP contribution < -0.4 is 0 Å². The predicted octanol–water partition coefficient (Wildman–Crippen LogP) is 3.74. The van der Waals surface area contributed by atoms with Crippen molar-refractivity contribution in [3.63, 3.8) is 0 Å². The molecule has 0 aliphatic carbocycles. The first-order chi connectivity index (χ1) is 8.41. The second kappa shape index (κ2) is 4.88. The van der Waals surface area contributed by atoms with Gasteiger partial charge in [0.15, 0.2) is 0 Å². The zero-order valence-electron chi connectivity index (χ0n) is 10.7. The topological polar surface area (TPSA) is 20.3 Å². The average Bonchev–Trinajstić information content (AvgIpc) is 2.28.